The Morgan fingerprint density at radius 2 is 1.08 bits per heavy atom. The predicted octanol–water partition coefficient (Wildman–Crippen LogP) is 6.15. The highest BCUT2D eigenvalue weighted by molar-refractivity contribution is 5.78. The molecule has 2 fully saturated rings. The predicted molar refractivity (Wildman–Crippen MR) is 193 cm³/mol. The van der Waals surface area contributed by atoms with Crippen molar-refractivity contribution in [2.75, 3.05) is 26.2 Å². The molecule has 0 saturated carbocycles. The highest BCUT2D eigenvalue weighted by Gasteiger charge is 1.94. The van der Waals surface area contributed by atoms with E-state index in [9.17, 15) is 0 Å². The lowest BCUT2D eigenvalue weighted by Gasteiger charge is -2.08. The molecule has 0 aliphatic carbocycles. The summed E-state index contributed by atoms with van der Waals surface area (Å²) >= 11 is 0. The number of nitrogens with one attached hydrogen (secondary N) is 5. The number of hydrogen-bond acceptors (Lipinski definition) is 9. The molecule has 1 aromatic carbocycles. The number of H-pyrrole nitrogens is 3. The highest BCUT2D eigenvalue weighted by atomic mass is 15.3. The Bertz CT molecular complexity index is 1230. The first-order valence-electron chi connectivity index (χ1n) is 16.0. The van der Waals surface area contributed by atoms with Crippen molar-refractivity contribution >= 4 is 10.9 Å². The monoisotopic (exact) mass is 648 g/mol. The molecule has 5 N–H and O–H groups in total. The quantitative estimate of drug-likeness (QED) is 0.130. The third-order valence-corrected chi connectivity index (χ3v) is 5.98. The second kappa shape index (κ2) is 31.4. The lowest BCUT2D eigenvalue weighted by atomic mass is 10.2. The van der Waals surface area contributed by atoms with Crippen molar-refractivity contribution < 1.29 is 0 Å². The van der Waals surface area contributed by atoms with Gasteiger partial charge in [0.25, 0.3) is 0 Å². The minimum absolute atomic E-state index is 1.21. The maximum Gasteiger partial charge on any atom is 0.115 e. The van der Waals surface area contributed by atoms with Gasteiger partial charge in [0.15, 0.2) is 0 Å². The van der Waals surface area contributed by atoms with Crippen LogP contribution in [0.25, 0.3) is 10.9 Å². The van der Waals surface area contributed by atoms with Crippen molar-refractivity contribution in [1.29, 1.82) is 0 Å². The molecule has 7 aromatic rings. The van der Waals surface area contributed by atoms with E-state index in [1.165, 1.54) is 75.5 Å². The summed E-state index contributed by atoms with van der Waals surface area (Å²) in [6.07, 6.45) is 27.7. The molecule has 0 spiro atoms. The Labute approximate surface area is 283 Å². The second-order valence-corrected chi connectivity index (χ2v) is 9.72. The number of piperidine rings is 1. The molecule has 0 unspecified atom stereocenters. The number of aromatic amines is 3. The molecule has 12 nitrogen and oxygen atoms in total. The van der Waals surface area contributed by atoms with Gasteiger partial charge in [0, 0.05) is 61.3 Å². The Morgan fingerprint density at radius 3 is 1.40 bits per heavy atom. The Hall–Kier alpha value is -5.59. The first-order valence-corrected chi connectivity index (χ1v) is 16.0. The number of hydrogen-bond donors (Lipinski definition) is 5. The summed E-state index contributed by atoms with van der Waals surface area (Å²) in [5.74, 6) is 0. The minimum Gasteiger partial charge on any atom is -0.368 e. The van der Waals surface area contributed by atoms with Crippen LogP contribution < -0.4 is 10.6 Å². The van der Waals surface area contributed by atoms with Crippen molar-refractivity contribution in [1.82, 2.24) is 61.2 Å². The molecule has 12 heteroatoms. The molecule has 0 bridgehead atoms. The number of fused-ring (bicyclic) bond motifs is 1. The Balaban J connectivity index is 0.000000192. The molecule has 2 aliphatic heterocycles. The number of benzene rings is 1. The standard InChI is InChI=1S/C8H7N.C5H11N.C5H5N.C4H4N2.C4H9N.C4H5N.C3H3N3.C3H4N2/c1-2-4-8-7(3-1)5-6-9-8;2*1-2-4-6-5-3-1;1-2-5-4-6-3-1;2*1-2-4-5-3-1;1-2-4-6-5-3-1;1-2-4-5-3-1/h1-6,9H;6H,1-5H2;1-5H;1-4H;5H,1-4H2;1-5H;1-3H;1-3H,(H,4,5). The number of para-hydroxylation sites is 1. The van der Waals surface area contributed by atoms with Crippen LogP contribution in [0.15, 0.2) is 153 Å². The fraction of sp³-hybridized carbons (Fsp3) is 0.250. The van der Waals surface area contributed by atoms with Crippen molar-refractivity contribution in [3.63, 3.8) is 0 Å². The van der Waals surface area contributed by atoms with E-state index in [1.54, 1.807) is 61.7 Å². The average molecular weight is 649 g/mol. The summed E-state index contributed by atoms with van der Waals surface area (Å²) in [6.45, 7) is 5.00. The average Bonchev–Trinajstić information content (AvgIpc) is 4.06. The van der Waals surface area contributed by atoms with E-state index in [0.29, 0.717) is 0 Å². The topological polar surface area (TPSA) is 162 Å². The van der Waals surface area contributed by atoms with Gasteiger partial charge in [-0.25, -0.2) is 9.97 Å². The number of pyridine rings is 1. The first kappa shape index (κ1) is 38.6. The van der Waals surface area contributed by atoms with Crippen LogP contribution in [-0.2, 0) is 0 Å². The third-order valence-electron chi connectivity index (χ3n) is 5.98. The Morgan fingerprint density at radius 1 is 0.458 bits per heavy atom. The van der Waals surface area contributed by atoms with E-state index in [0.717, 1.165) is 0 Å². The molecular formula is C36H48N12. The van der Waals surface area contributed by atoms with Crippen molar-refractivity contribution in [3.8, 4) is 0 Å². The fourth-order valence-corrected chi connectivity index (χ4v) is 3.69. The van der Waals surface area contributed by atoms with Crippen LogP contribution >= 0.6 is 0 Å². The highest BCUT2D eigenvalue weighted by Crippen LogP contribution is 2.09. The van der Waals surface area contributed by atoms with Crippen LogP contribution in [0.2, 0.25) is 0 Å². The largest absolute Gasteiger partial charge is 0.368 e. The van der Waals surface area contributed by atoms with Crippen LogP contribution in [0.4, 0.5) is 0 Å². The van der Waals surface area contributed by atoms with Gasteiger partial charge in [0.1, 0.15) is 6.33 Å². The van der Waals surface area contributed by atoms with Gasteiger partial charge < -0.3 is 20.6 Å². The van der Waals surface area contributed by atoms with Gasteiger partial charge in [-0.1, -0.05) is 30.7 Å². The van der Waals surface area contributed by atoms with E-state index in [-0.39, 0.29) is 0 Å². The van der Waals surface area contributed by atoms with Gasteiger partial charge in [-0.05, 0) is 117 Å². The molecule has 9 rings (SSSR count). The van der Waals surface area contributed by atoms with Crippen molar-refractivity contribution in [3.05, 3.63) is 153 Å². The van der Waals surface area contributed by atoms with Crippen LogP contribution in [0.3, 0.4) is 0 Å². The van der Waals surface area contributed by atoms with Crippen molar-refractivity contribution in [2.45, 2.75) is 32.1 Å². The maximum atomic E-state index is 3.78. The molecule has 2 aliphatic rings. The third kappa shape index (κ3) is 24.7. The van der Waals surface area contributed by atoms with E-state index < -0.39 is 0 Å². The van der Waals surface area contributed by atoms with Crippen LogP contribution in [0.5, 0.6) is 0 Å². The summed E-state index contributed by atoms with van der Waals surface area (Å²) in [5.41, 5.74) is 1.21. The van der Waals surface area contributed by atoms with Gasteiger partial charge in [-0.15, -0.1) is 10.2 Å². The number of rotatable bonds is 0. The molecule has 48 heavy (non-hydrogen) atoms. The second-order valence-electron chi connectivity index (χ2n) is 9.72. The Kier molecular flexibility index (Phi) is 25.2. The van der Waals surface area contributed by atoms with Crippen molar-refractivity contribution in [2.24, 2.45) is 0 Å². The zero-order valence-electron chi connectivity index (χ0n) is 27.4. The van der Waals surface area contributed by atoms with Gasteiger partial charge >= 0.3 is 0 Å². The van der Waals surface area contributed by atoms with Gasteiger partial charge in [-0.3, -0.25) is 10.1 Å². The molecule has 0 radical (unpaired) electrons. The van der Waals surface area contributed by atoms with Crippen LogP contribution in [0.1, 0.15) is 32.1 Å². The SMILES string of the molecule is C1CCNC1.C1CCNCC1.c1cc[nH]c1.c1ccc2[nH]ccc2c1.c1ccncc1.c1cn[nH]c1.c1cncnc1.c1cnnnc1. The molecular weight excluding hydrogens is 600 g/mol. The number of nitrogens with zero attached hydrogens (tertiary/aromatic N) is 7. The van der Waals surface area contributed by atoms with E-state index in [1.807, 2.05) is 67.1 Å². The molecule has 252 valence electrons. The first-order chi connectivity index (χ1) is 24.0. The smallest absolute Gasteiger partial charge is 0.115 e. The van der Waals surface area contributed by atoms with Crippen LogP contribution in [0, 0.1) is 0 Å². The van der Waals surface area contributed by atoms with E-state index in [2.05, 4.69) is 79.4 Å². The molecule has 0 atom stereocenters. The zero-order chi connectivity index (χ0) is 33.7. The normalized spacial score (nSPS) is 12.1. The molecule has 0 amide bonds. The fourth-order valence-electron chi connectivity index (χ4n) is 3.69. The van der Waals surface area contributed by atoms with Crippen LogP contribution in [-0.4, -0.2) is 76.7 Å². The van der Waals surface area contributed by atoms with E-state index >= 15 is 0 Å². The summed E-state index contributed by atoms with van der Waals surface area (Å²) in [5, 5.41) is 24.1. The zero-order valence-corrected chi connectivity index (χ0v) is 27.4. The molecule has 8 heterocycles. The van der Waals surface area contributed by atoms with E-state index in [4.69, 9.17) is 0 Å². The van der Waals surface area contributed by atoms with Gasteiger partial charge in [0.2, 0.25) is 0 Å². The van der Waals surface area contributed by atoms with Gasteiger partial charge in [0.05, 0.1) is 12.4 Å². The summed E-state index contributed by atoms with van der Waals surface area (Å²) in [6, 6.07) is 25.2. The minimum atomic E-state index is 1.21. The van der Waals surface area contributed by atoms with Gasteiger partial charge in [-0.2, -0.15) is 5.10 Å². The lowest BCUT2D eigenvalue weighted by molar-refractivity contribution is 0.520. The molecule has 6 aromatic heterocycles. The molecule has 2 saturated heterocycles. The number of aromatic nitrogens is 10. The summed E-state index contributed by atoms with van der Waals surface area (Å²) in [7, 11) is 0. The summed E-state index contributed by atoms with van der Waals surface area (Å²) < 4.78 is 0. The summed E-state index contributed by atoms with van der Waals surface area (Å²) in [4.78, 5) is 17.1. The maximum absolute atomic E-state index is 3.78. The lowest BCUT2D eigenvalue weighted by Crippen LogP contribution is -2.21.